The number of rotatable bonds is 6. The van der Waals surface area contributed by atoms with Gasteiger partial charge in [-0.2, -0.15) is 0 Å². The molecule has 0 aliphatic heterocycles. The molecular formula is C10H14N2O4S. The highest BCUT2D eigenvalue weighted by Gasteiger charge is 2.26. The van der Waals surface area contributed by atoms with Crippen molar-refractivity contribution in [2.45, 2.75) is 31.2 Å². The van der Waals surface area contributed by atoms with Crippen molar-refractivity contribution < 1.29 is 13.3 Å². The minimum Gasteiger partial charge on any atom is -0.258 e. The normalized spacial score (nSPS) is 11.4. The van der Waals surface area contributed by atoms with E-state index in [4.69, 9.17) is 0 Å². The van der Waals surface area contributed by atoms with Crippen molar-refractivity contribution in [1.82, 2.24) is 4.98 Å². The third-order valence-electron chi connectivity index (χ3n) is 2.26. The number of nitro groups is 1. The highest BCUT2D eigenvalue weighted by atomic mass is 32.2. The smallest absolute Gasteiger partial charge is 0.258 e. The van der Waals surface area contributed by atoms with Gasteiger partial charge in [0.05, 0.1) is 10.7 Å². The average molecular weight is 258 g/mol. The zero-order chi connectivity index (χ0) is 12.9. The summed E-state index contributed by atoms with van der Waals surface area (Å²) in [6.07, 6.45) is 3.41. The van der Waals surface area contributed by atoms with E-state index in [9.17, 15) is 18.5 Å². The van der Waals surface area contributed by atoms with Crippen molar-refractivity contribution in [2.75, 3.05) is 5.75 Å². The van der Waals surface area contributed by atoms with Gasteiger partial charge in [-0.1, -0.05) is 19.8 Å². The molecule has 1 aromatic heterocycles. The summed E-state index contributed by atoms with van der Waals surface area (Å²) in [4.78, 5) is 13.6. The summed E-state index contributed by atoms with van der Waals surface area (Å²) < 4.78 is 23.7. The van der Waals surface area contributed by atoms with Crippen LogP contribution in [0.2, 0.25) is 0 Å². The van der Waals surface area contributed by atoms with E-state index in [0.29, 0.717) is 6.42 Å². The Morgan fingerprint density at radius 1 is 1.41 bits per heavy atom. The Bertz CT molecular complexity index is 499. The molecule has 7 heteroatoms. The molecule has 0 aromatic carbocycles. The third-order valence-corrected chi connectivity index (χ3v) is 3.99. The SMILES string of the molecule is CCCCCS(=O)(=O)c1ncccc1[N+](=O)[O-]. The van der Waals surface area contributed by atoms with Crippen molar-refractivity contribution >= 4 is 15.5 Å². The van der Waals surface area contributed by atoms with E-state index >= 15 is 0 Å². The Morgan fingerprint density at radius 3 is 2.71 bits per heavy atom. The second kappa shape index (κ2) is 5.72. The standard InChI is InChI=1S/C10H14N2O4S/c1-2-3-4-8-17(15,16)10-9(12(13)14)6-5-7-11-10/h5-7H,2-4,8H2,1H3. The number of hydrogen-bond donors (Lipinski definition) is 0. The molecule has 0 saturated carbocycles. The molecule has 17 heavy (non-hydrogen) atoms. The van der Waals surface area contributed by atoms with Crippen LogP contribution >= 0.6 is 0 Å². The van der Waals surface area contributed by atoms with Gasteiger partial charge >= 0.3 is 5.69 Å². The summed E-state index contributed by atoms with van der Waals surface area (Å²) in [6, 6.07) is 2.50. The molecule has 0 unspecified atom stereocenters. The van der Waals surface area contributed by atoms with Crippen LogP contribution in [0.4, 0.5) is 5.69 Å². The first kappa shape index (κ1) is 13.6. The van der Waals surface area contributed by atoms with Crippen molar-refractivity contribution in [3.63, 3.8) is 0 Å². The minimum absolute atomic E-state index is 0.0985. The van der Waals surface area contributed by atoms with E-state index in [1.165, 1.54) is 12.3 Å². The first-order valence-corrected chi connectivity index (χ1v) is 6.96. The monoisotopic (exact) mass is 258 g/mol. The van der Waals surface area contributed by atoms with Crippen LogP contribution in [0.25, 0.3) is 0 Å². The van der Waals surface area contributed by atoms with Crippen molar-refractivity contribution in [3.8, 4) is 0 Å². The van der Waals surface area contributed by atoms with Gasteiger partial charge in [0.15, 0.2) is 0 Å². The molecular weight excluding hydrogens is 244 g/mol. The second-order valence-corrected chi connectivity index (χ2v) is 5.64. The average Bonchev–Trinajstić information content (AvgIpc) is 2.29. The Hall–Kier alpha value is -1.50. The van der Waals surface area contributed by atoms with Crippen LogP contribution in [0.3, 0.4) is 0 Å². The number of sulfone groups is 1. The highest BCUT2D eigenvalue weighted by molar-refractivity contribution is 7.91. The van der Waals surface area contributed by atoms with Crippen LogP contribution in [0.5, 0.6) is 0 Å². The van der Waals surface area contributed by atoms with Gasteiger partial charge in [0.25, 0.3) is 0 Å². The summed E-state index contributed by atoms with van der Waals surface area (Å²) in [5, 5.41) is 10.3. The lowest BCUT2D eigenvalue weighted by molar-refractivity contribution is -0.388. The van der Waals surface area contributed by atoms with Crippen molar-refractivity contribution in [2.24, 2.45) is 0 Å². The van der Waals surface area contributed by atoms with Gasteiger partial charge in [-0.3, -0.25) is 10.1 Å². The molecule has 0 aliphatic carbocycles. The highest BCUT2D eigenvalue weighted by Crippen LogP contribution is 2.22. The molecule has 1 aromatic rings. The summed E-state index contributed by atoms with van der Waals surface area (Å²) in [5.41, 5.74) is -0.455. The fraction of sp³-hybridized carbons (Fsp3) is 0.500. The summed E-state index contributed by atoms with van der Waals surface area (Å²) >= 11 is 0. The number of pyridine rings is 1. The fourth-order valence-electron chi connectivity index (χ4n) is 1.40. The number of aromatic nitrogens is 1. The lowest BCUT2D eigenvalue weighted by atomic mass is 10.3. The van der Waals surface area contributed by atoms with Crippen LogP contribution < -0.4 is 0 Å². The van der Waals surface area contributed by atoms with E-state index in [1.807, 2.05) is 6.92 Å². The molecule has 0 N–H and O–H groups in total. The summed E-state index contributed by atoms with van der Waals surface area (Å²) in [7, 11) is -3.66. The van der Waals surface area contributed by atoms with Gasteiger partial charge in [-0.25, -0.2) is 13.4 Å². The van der Waals surface area contributed by atoms with Crippen LogP contribution in [-0.2, 0) is 9.84 Å². The molecule has 0 bridgehead atoms. The van der Waals surface area contributed by atoms with E-state index in [1.54, 1.807) is 0 Å². The first-order valence-electron chi connectivity index (χ1n) is 5.31. The lowest BCUT2D eigenvalue weighted by Crippen LogP contribution is -2.11. The van der Waals surface area contributed by atoms with Gasteiger partial charge in [0.2, 0.25) is 14.9 Å². The van der Waals surface area contributed by atoms with E-state index in [-0.39, 0.29) is 5.75 Å². The third kappa shape index (κ3) is 3.48. The molecule has 6 nitrogen and oxygen atoms in total. The predicted octanol–water partition coefficient (Wildman–Crippen LogP) is 1.95. The Balaban J connectivity index is 3.02. The predicted molar refractivity (Wildman–Crippen MR) is 62.5 cm³/mol. The first-order chi connectivity index (χ1) is 7.99. The zero-order valence-corrected chi connectivity index (χ0v) is 10.3. The molecule has 0 fully saturated rings. The van der Waals surface area contributed by atoms with Crippen LogP contribution in [0, 0.1) is 10.1 Å². The van der Waals surface area contributed by atoms with E-state index in [0.717, 1.165) is 18.9 Å². The van der Waals surface area contributed by atoms with Crippen LogP contribution in [0.1, 0.15) is 26.2 Å². The van der Waals surface area contributed by atoms with Gasteiger partial charge in [-0.05, 0) is 12.5 Å². The maximum atomic E-state index is 11.9. The van der Waals surface area contributed by atoms with Crippen LogP contribution in [-0.4, -0.2) is 24.1 Å². The second-order valence-electron chi connectivity index (χ2n) is 3.61. The maximum absolute atomic E-state index is 11.9. The topological polar surface area (TPSA) is 90.2 Å². The number of unbranched alkanes of at least 4 members (excludes halogenated alkanes) is 2. The Labute approximate surface area is 99.8 Å². The quantitative estimate of drug-likeness (QED) is 0.442. The van der Waals surface area contributed by atoms with Gasteiger partial charge in [0, 0.05) is 12.3 Å². The van der Waals surface area contributed by atoms with E-state index in [2.05, 4.69) is 4.98 Å². The van der Waals surface area contributed by atoms with E-state index < -0.39 is 25.5 Å². The van der Waals surface area contributed by atoms with Gasteiger partial charge in [0.1, 0.15) is 0 Å². The van der Waals surface area contributed by atoms with Gasteiger partial charge < -0.3 is 0 Å². The molecule has 94 valence electrons. The molecule has 0 spiro atoms. The number of hydrogen-bond acceptors (Lipinski definition) is 5. The molecule has 0 saturated heterocycles. The fourth-order valence-corrected chi connectivity index (χ4v) is 2.86. The van der Waals surface area contributed by atoms with Crippen molar-refractivity contribution in [3.05, 3.63) is 28.4 Å². The Kier molecular flexibility index (Phi) is 4.56. The molecule has 0 atom stereocenters. The Morgan fingerprint density at radius 2 is 2.12 bits per heavy atom. The summed E-state index contributed by atoms with van der Waals surface area (Å²) in [6.45, 7) is 1.95. The zero-order valence-electron chi connectivity index (χ0n) is 9.50. The van der Waals surface area contributed by atoms with Crippen molar-refractivity contribution in [1.29, 1.82) is 0 Å². The van der Waals surface area contributed by atoms with Gasteiger partial charge in [-0.15, -0.1) is 0 Å². The summed E-state index contributed by atoms with van der Waals surface area (Å²) in [5.74, 6) is -0.0985. The largest absolute Gasteiger partial charge is 0.306 e. The molecule has 1 heterocycles. The minimum atomic E-state index is -3.66. The molecule has 0 aliphatic rings. The number of nitrogens with zero attached hydrogens (tertiary/aromatic N) is 2. The lowest BCUT2D eigenvalue weighted by Gasteiger charge is -2.03. The molecule has 1 rings (SSSR count). The van der Waals surface area contributed by atoms with Crippen LogP contribution in [0.15, 0.2) is 23.4 Å². The molecule has 0 amide bonds. The maximum Gasteiger partial charge on any atom is 0.306 e. The molecule has 0 radical (unpaired) electrons.